The number of likely N-dealkylation sites (tertiary alicyclic amines) is 1. The standard InChI is InChI=1S/C31H35N7O/c32-30-28(19-27(34-35-30)26-7-1-2-8-29(26)39)36-20-24-9-10-25(21-36)38(24)23-11-15-33-22(18-23)6-3-16-37-17-5-14-31(37)12-4-13-31/h1-2,7-8,11,15,18-19,24-25,39H,4-5,9-10,12-14,16-17,20-21H2,(H2,32,35). The minimum atomic E-state index is 0.187. The zero-order chi connectivity index (χ0) is 26.4. The molecule has 0 amide bonds. The topological polar surface area (TPSA) is 94.6 Å². The first-order chi connectivity index (χ1) is 19.1. The second-order valence-corrected chi connectivity index (χ2v) is 11.5. The Balaban J connectivity index is 1.07. The van der Waals surface area contributed by atoms with Crippen LogP contribution in [-0.4, -0.2) is 69.0 Å². The highest BCUT2D eigenvalue weighted by atomic mass is 16.3. The number of rotatable bonds is 4. The van der Waals surface area contributed by atoms with E-state index in [0.29, 0.717) is 34.7 Å². The summed E-state index contributed by atoms with van der Waals surface area (Å²) in [6, 6.07) is 14.2. The highest BCUT2D eigenvalue weighted by Gasteiger charge is 2.45. The van der Waals surface area contributed by atoms with Gasteiger partial charge in [0.25, 0.3) is 0 Å². The molecule has 1 aromatic carbocycles. The summed E-state index contributed by atoms with van der Waals surface area (Å²) in [6.45, 7) is 3.74. The molecule has 3 saturated heterocycles. The molecule has 2 bridgehead atoms. The van der Waals surface area contributed by atoms with Crippen LogP contribution < -0.4 is 15.5 Å². The van der Waals surface area contributed by atoms with Gasteiger partial charge in [-0.15, -0.1) is 10.2 Å². The van der Waals surface area contributed by atoms with Crippen LogP contribution in [0.15, 0.2) is 48.7 Å². The van der Waals surface area contributed by atoms with Gasteiger partial charge in [-0.05, 0) is 87.7 Å². The molecule has 4 fully saturated rings. The average Bonchev–Trinajstić information content (AvgIpc) is 3.48. The summed E-state index contributed by atoms with van der Waals surface area (Å²) in [5.74, 6) is 7.41. The van der Waals surface area contributed by atoms with E-state index in [4.69, 9.17) is 5.73 Å². The van der Waals surface area contributed by atoms with E-state index < -0.39 is 0 Å². The van der Waals surface area contributed by atoms with Gasteiger partial charge in [0.05, 0.1) is 17.9 Å². The maximum atomic E-state index is 10.3. The van der Waals surface area contributed by atoms with Crippen molar-refractivity contribution in [3.8, 4) is 28.8 Å². The molecule has 8 nitrogen and oxygen atoms in total. The molecule has 5 heterocycles. The summed E-state index contributed by atoms with van der Waals surface area (Å²) < 4.78 is 0. The van der Waals surface area contributed by atoms with E-state index in [9.17, 15) is 5.11 Å². The van der Waals surface area contributed by atoms with E-state index in [2.05, 4.69) is 53.9 Å². The largest absolute Gasteiger partial charge is 0.507 e. The van der Waals surface area contributed by atoms with Gasteiger partial charge in [-0.3, -0.25) is 4.90 Å². The van der Waals surface area contributed by atoms with Crippen LogP contribution in [0.4, 0.5) is 17.2 Å². The third-order valence-electron chi connectivity index (χ3n) is 9.36. The van der Waals surface area contributed by atoms with Crippen molar-refractivity contribution < 1.29 is 5.11 Å². The summed E-state index contributed by atoms with van der Waals surface area (Å²) in [5.41, 5.74) is 11.0. The van der Waals surface area contributed by atoms with Gasteiger partial charge >= 0.3 is 0 Å². The van der Waals surface area contributed by atoms with Crippen LogP contribution in [0, 0.1) is 11.8 Å². The molecule has 3 N–H and O–H groups in total. The number of nitrogens with two attached hydrogens (primary N) is 1. The fraction of sp³-hybridized carbons (Fsp3) is 0.452. The van der Waals surface area contributed by atoms with Crippen LogP contribution in [-0.2, 0) is 0 Å². The van der Waals surface area contributed by atoms with Crippen LogP contribution in [0.3, 0.4) is 0 Å². The lowest BCUT2D eigenvalue weighted by Gasteiger charge is -2.45. The Morgan fingerprint density at radius 2 is 1.79 bits per heavy atom. The summed E-state index contributed by atoms with van der Waals surface area (Å²) in [7, 11) is 0. The first kappa shape index (κ1) is 24.2. The number of aromatic hydroxyl groups is 1. The fourth-order valence-corrected chi connectivity index (χ4v) is 7.25. The minimum absolute atomic E-state index is 0.187. The monoisotopic (exact) mass is 521 g/mol. The first-order valence-corrected chi connectivity index (χ1v) is 14.2. The van der Waals surface area contributed by atoms with Gasteiger partial charge in [0, 0.05) is 48.2 Å². The third-order valence-corrected chi connectivity index (χ3v) is 9.36. The molecule has 200 valence electrons. The van der Waals surface area contributed by atoms with Crippen LogP contribution in [0.5, 0.6) is 5.75 Å². The minimum Gasteiger partial charge on any atom is -0.507 e. The number of para-hydroxylation sites is 1. The van der Waals surface area contributed by atoms with Crippen molar-refractivity contribution in [3.05, 3.63) is 54.4 Å². The van der Waals surface area contributed by atoms with Crippen molar-refractivity contribution in [1.29, 1.82) is 0 Å². The Hall–Kier alpha value is -3.83. The van der Waals surface area contributed by atoms with Crippen LogP contribution in [0.25, 0.3) is 11.3 Å². The van der Waals surface area contributed by atoms with Crippen LogP contribution in [0.2, 0.25) is 0 Å². The zero-order valence-electron chi connectivity index (χ0n) is 22.3. The number of nitrogens with zero attached hydrogens (tertiary/aromatic N) is 6. The predicted octanol–water partition coefficient (Wildman–Crippen LogP) is 4.05. The number of piperazine rings is 1. The number of fused-ring (bicyclic) bond motifs is 2. The summed E-state index contributed by atoms with van der Waals surface area (Å²) in [4.78, 5) is 12.1. The zero-order valence-corrected chi connectivity index (χ0v) is 22.3. The van der Waals surface area contributed by atoms with Crippen LogP contribution in [0.1, 0.15) is 50.6 Å². The van der Waals surface area contributed by atoms with E-state index >= 15 is 0 Å². The van der Waals surface area contributed by atoms with Crippen molar-refractivity contribution >= 4 is 17.2 Å². The molecule has 8 heteroatoms. The van der Waals surface area contributed by atoms with Gasteiger partial charge in [0.1, 0.15) is 11.4 Å². The van der Waals surface area contributed by atoms with E-state index in [1.165, 1.54) is 44.3 Å². The first-order valence-electron chi connectivity index (χ1n) is 14.2. The molecular formula is C31H35N7O. The lowest BCUT2D eigenvalue weighted by Crippen LogP contribution is -2.54. The molecule has 2 atom stereocenters. The number of pyridine rings is 1. The van der Waals surface area contributed by atoms with Gasteiger partial charge in [-0.25, -0.2) is 4.98 Å². The number of nitrogen functional groups attached to an aromatic ring is 1. The molecule has 7 rings (SSSR count). The molecule has 3 aromatic rings. The molecule has 4 aliphatic rings. The Labute approximate surface area is 229 Å². The number of benzene rings is 1. The van der Waals surface area contributed by atoms with E-state index in [1.54, 1.807) is 12.1 Å². The summed E-state index contributed by atoms with van der Waals surface area (Å²) in [5, 5.41) is 18.8. The molecule has 1 spiro atoms. The Morgan fingerprint density at radius 1 is 1.00 bits per heavy atom. The molecule has 39 heavy (non-hydrogen) atoms. The molecular weight excluding hydrogens is 486 g/mol. The van der Waals surface area contributed by atoms with E-state index in [0.717, 1.165) is 43.9 Å². The van der Waals surface area contributed by atoms with E-state index in [1.807, 2.05) is 24.4 Å². The SMILES string of the molecule is Nc1nnc(-c2ccccc2O)cc1N1CC2CCC(C1)N2c1ccnc(C#CCN2CCCC23CCC3)c1. The number of hydrogen-bond acceptors (Lipinski definition) is 8. The summed E-state index contributed by atoms with van der Waals surface area (Å²) >= 11 is 0. The Morgan fingerprint density at radius 3 is 2.56 bits per heavy atom. The van der Waals surface area contributed by atoms with Gasteiger partial charge in [0.2, 0.25) is 0 Å². The Bertz CT molecular complexity index is 1430. The molecule has 0 radical (unpaired) electrons. The maximum Gasteiger partial charge on any atom is 0.169 e. The third kappa shape index (κ3) is 4.35. The van der Waals surface area contributed by atoms with Gasteiger partial charge in [-0.2, -0.15) is 0 Å². The quantitative estimate of drug-likeness (QED) is 0.497. The summed E-state index contributed by atoms with van der Waals surface area (Å²) in [6.07, 6.45) is 10.9. The second kappa shape index (κ2) is 9.73. The Kier molecular flexibility index (Phi) is 6.04. The van der Waals surface area contributed by atoms with E-state index in [-0.39, 0.29) is 5.75 Å². The highest BCUT2D eigenvalue weighted by Crippen LogP contribution is 2.45. The number of anilines is 3. The predicted molar refractivity (Wildman–Crippen MR) is 154 cm³/mol. The van der Waals surface area contributed by atoms with Gasteiger partial charge in [0.15, 0.2) is 5.82 Å². The smallest absolute Gasteiger partial charge is 0.169 e. The molecule has 1 saturated carbocycles. The second-order valence-electron chi connectivity index (χ2n) is 11.5. The fourth-order valence-electron chi connectivity index (χ4n) is 7.25. The van der Waals surface area contributed by atoms with Crippen molar-refractivity contribution in [3.63, 3.8) is 0 Å². The average molecular weight is 522 g/mol. The number of phenolic OH excluding ortho intramolecular Hbond substituents is 1. The van der Waals surface area contributed by atoms with Gasteiger partial charge in [-0.1, -0.05) is 18.1 Å². The lowest BCUT2D eigenvalue weighted by atomic mass is 9.75. The number of hydrogen-bond donors (Lipinski definition) is 2. The van der Waals surface area contributed by atoms with Crippen molar-refractivity contribution in [2.45, 2.75) is 62.6 Å². The molecule has 2 aromatic heterocycles. The van der Waals surface area contributed by atoms with Crippen molar-refractivity contribution in [2.75, 3.05) is 41.7 Å². The highest BCUT2D eigenvalue weighted by molar-refractivity contribution is 5.74. The maximum absolute atomic E-state index is 10.3. The van der Waals surface area contributed by atoms with Crippen LogP contribution >= 0.6 is 0 Å². The normalized spacial score (nSPS) is 23.5. The number of aromatic nitrogens is 3. The van der Waals surface area contributed by atoms with Crippen molar-refractivity contribution in [1.82, 2.24) is 20.1 Å². The molecule has 3 aliphatic heterocycles. The molecule has 1 aliphatic carbocycles. The lowest BCUT2D eigenvalue weighted by molar-refractivity contribution is 0.0685. The number of phenols is 1. The van der Waals surface area contributed by atoms with Crippen molar-refractivity contribution in [2.24, 2.45) is 0 Å². The van der Waals surface area contributed by atoms with Gasteiger partial charge < -0.3 is 20.6 Å². The molecule has 2 unspecified atom stereocenters.